The number of hydrogen-bond donors (Lipinski definition) is 0. The Morgan fingerprint density at radius 3 is 2.29 bits per heavy atom. The van der Waals surface area contributed by atoms with Crippen LogP contribution in [0.25, 0.3) is 0 Å². The summed E-state index contributed by atoms with van der Waals surface area (Å²) in [6.07, 6.45) is 1.90. The third-order valence-corrected chi connectivity index (χ3v) is 3.31. The van der Waals surface area contributed by atoms with Gasteiger partial charge in [-0.25, -0.2) is 0 Å². The summed E-state index contributed by atoms with van der Waals surface area (Å²) in [5, 5.41) is 0. The van der Waals surface area contributed by atoms with Crippen molar-refractivity contribution in [2.24, 2.45) is 11.3 Å². The fraction of sp³-hybridized carbons (Fsp3) is 0.917. The number of carbonyl (C=O) groups is 1. The molecule has 2 heteroatoms. The van der Waals surface area contributed by atoms with Crippen molar-refractivity contribution < 1.29 is 4.79 Å². The summed E-state index contributed by atoms with van der Waals surface area (Å²) in [5.41, 5.74) is 0.277. The molecule has 1 saturated heterocycles. The average molecular weight is 197 g/mol. The molecule has 0 spiro atoms. The highest BCUT2D eigenvalue weighted by Crippen LogP contribution is 2.35. The van der Waals surface area contributed by atoms with Crippen LogP contribution in [0, 0.1) is 11.3 Å². The van der Waals surface area contributed by atoms with E-state index < -0.39 is 0 Å². The van der Waals surface area contributed by atoms with Gasteiger partial charge in [0, 0.05) is 19.0 Å². The van der Waals surface area contributed by atoms with Crippen LogP contribution in [0.2, 0.25) is 0 Å². The van der Waals surface area contributed by atoms with Gasteiger partial charge in [-0.05, 0) is 31.6 Å². The van der Waals surface area contributed by atoms with Crippen LogP contribution in [-0.4, -0.2) is 23.4 Å². The Morgan fingerprint density at radius 1 is 1.36 bits per heavy atom. The second-order valence-corrected chi connectivity index (χ2v) is 5.74. The van der Waals surface area contributed by atoms with Gasteiger partial charge < -0.3 is 4.90 Å². The van der Waals surface area contributed by atoms with Crippen molar-refractivity contribution in [2.45, 2.75) is 53.5 Å². The van der Waals surface area contributed by atoms with Crippen LogP contribution in [0.3, 0.4) is 0 Å². The number of nitrogens with zero attached hydrogens (tertiary/aromatic N) is 1. The Balaban J connectivity index is 2.60. The quantitative estimate of drug-likeness (QED) is 0.633. The van der Waals surface area contributed by atoms with E-state index in [0.717, 1.165) is 19.4 Å². The molecule has 0 N–H and O–H groups in total. The minimum absolute atomic E-state index is 0.277. The molecule has 1 fully saturated rings. The summed E-state index contributed by atoms with van der Waals surface area (Å²) in [7, 11) is 0. The van der Waals surface area contributed by atoms with Crippen molar-refractivity contribution in [2.75, 3.05) is 6.54 Å². The van der Waals surface area contributed by atoms with Gasteiger partial charge in [0.05, 0.1) is 0 Å². The van der Waals surface area contributed by atoms with E-state index in [0.29, 0.717) is 17.9 Å². The molecule has 0 aromatic carbocycles. The first-order valence-electron chi connectivity index (χ1n) is 5.62. The molecule has 1 rings (SSSR count). The van der Waals surface area contributed by atoms with Crippen LogP contribution >= 0.6 is 0 Å². The lowest BCUT2D eigenvalue weighted by Gasteiger charge is -2.39. The Bertz CT molecular complexity index is 215. The molecule has 0 saturated carbocycles. The number of amides is 1. The third-order valence-electron chi connectivity index (χ3n) is 3.31. The molecule has 82 valence electrons. The Hall–Kier alpha value is -0.530. The van der Waals surface area contributed by atoms with E-state index in [4.69, 9.17) is 0 Å². The molecule has 1 aliphatic rings. The molecule has 0 aromatic heterocycles. The van der Waals surface area contributed by atoms with Crippen LogP contribution in [-0.2, 0) is 4.79 Å². The molecule has 0 aliphatic carbocycles. The Kier molecular flexibility index (Phi) is 3.23. The van der Waals surface area contributed by atoms with Crippen LogP contribution < -0.4 is 0 Å². The van der Waals surface area contributed by atoms with Gasteiger partial charge in [-0.2, -0.15) is 0 Å². The maximum atomic E-state index is 11.8. The van der Waals surface area contributed by atoms with Crippen LogP contribution in [0.15, 0.2) is 0 Å². The lowest BCUT2D eigenvalue weighted by atomic mass is 9.75. The monoisotopic (exact) mass is 197 g/mol. The molecular formula is C12H23NO. The van der Waals surface area contributed by atoms with E-state index in [2.05, 4.69) is 34.6 Å². The van der Waals surface area contributed by atoms with Crippen molar-refractivity contribution in [1.29, 1.82) is 0 Å². The Morgan fingerprint density at radius 2 is 1.93 bits per heavy atom. The van der Waals surface area contributed by atoms with Gasteiger partial charge in [0.2, 0.25) is 5.91 Å². The fourth-order valence-corrected chi connectivity index (χ4v) is 2.14. The van der Waals surface area contributed by atoms with E-state index in [1.165, 1.54) is 0 Å². The van der Waals surface area contributed by atoms with Gasteiger partial charge in [-0.15, -0.1) is 0 Å². The maximum Gasteiger partial charge on any atom is 0.223 e. The smallest absolute Gasteiger partial charge is 0.223 e. The molecule has 1 aliphatic heterocycles. The summed E-state index contributed by atoms with van der Waals surface area (Å²) in [6, 6.07) is 0.364. The van der Waals surface area contributed by atoms with Crippen LogP contribution in [0.1, 0.15) is 47.5 Å². The maximum absolute atomic E-state index is 11.8. The van der Waals surface area contributed by atoms with Crippen molar-refractivity contribution >= 4 is 5.91 Å². The molecule has 1 heterocycles. The molecule has 1 unspecified atom stereocenters. The lowest BCUT2D eigenvalue weighted by Crippen LogP contribution is -2.45. The highest BCUT2D eigenvalue weighted by atomic mass is 16.2. The van der Waals surface area contributed by atoms with Gasteiger partial charge in [0.25, 0.3) is 0 Å². The predicted octanol–water partition coefficient (Wildman–Crippen LogP) is 2.68. The number of hydrogen-bond acceptors (Lipinski definition) is 1. The average Bonchev–Trinajstić information content (AvgIpc) is 2.01. The molecule has 2 nitrogen and oxygen atoms in total. The number of likely N-dealkylation sites (tertiary alicyclic amines) is 1. The van der Waals surface area contributed by atoms with Crippen molar-refractivity contribution in [1.82, 2.24) is 4.90 Å². The van der Waals surface area contributed by atoms with Gasteiger partial charge in [-0.1, -0.05) is 20.8 Å². The van der Waals surface area contributed by atoms with Gasteiger partial charge in [0.1, 0.15) is 0 Å². The van der Waals surface area contributed by atoms with E-state index in [1.54, 1.807) is 0 Å². The zero-order chi connectivity index (χ0) is 10.9. The van der Waals surface area contributed by atoms with E-state index in [-0.39, 0.29) is 5.41 Å². The first-order valence-corrected chi connectivity index (χ1v) is 5.62. The highest BCUT2D eigenvalue weighted by Gasteiger charge is 2.33. The van der Waals surface area contributed by atoms with E-state index in [1.807, 2.05) is 4.90 Å². The number of rotatable bonds is 1. The van der Waals surface area contributed by atoms with Crippen LogP contribution in [0.5, 0.6) is 0 Å². The molecule has 0 aromatic rings. The first kappa shape index (κ1) is 11.5. The number of carbonyl (C=O) groups excluding carboxylic acids is 1. The van der Waals surface area contributed by atoms with Gasteiger partial charge in [-0.3, -0.25) is 4.79 Å². The van der Waals surface area contributed by atoms with Crippen molar-refractivity contribution in [3.63, 3.8) is 0 Å². The van der Waals surface area contributed by atoms with E-state index >= 15 is 0 Å². The summed E-state index contributed by atoms with van der Waals surface area (Å²) >= 11 is 0. The molecule has 14 heavy (non-hydrogen) atoms. The molecule has 0 radical (unpaired) electrons. The topological polar surface area (TPSA) is 20.3 Å². The van der Waals surface area contributed by atoms with E-state index in [9.17, 15) is 4.79 Å². The normalized spacial score (nSPS) is 24.6. The predicted molar refractivity (Wildman–Crippen MR) is 59.0 cm³/mol. The molecule has 1 atom stereocenters. The second-order valence-electron chi connectivity index (χ2n) is 5.74. The molecule has 1 amide bonds. The summed E-state index contributed by atoms with van der Waals surface area (Å²) in [4.78, 5) is 13.8. The van der Waals surface area contributed by atoms with Crippen molar-refractivity contribution in [3.05, 3.63) is 0 Å². The second kappa shape index (κ2) is 3.92. The first-order chi connectivity index (χ1) is 6.32. The standard InChI is InChI=1S/C12H23NO/c1-9(2)13-7-6-10(8-11(13)14)12(3,4)5/h9-10H,6-8H2,1-5H3. The summed E-state index contributed by atoms with van der Waals surface area (Å²) in [6.45, 7) is 11.8. The summed E-state index contributed by atoms with van der Waals surface area (Å²) in [5.74, 6) is 0.899. The van der Waals surface area contributed by atoms with Gasteiger partial charge in [0.15, 0.2) is 0 Å². The molecule has 0 bridgehead atoms. The Labute approximate surface area is 87.7 Å². The van der Waals surface area contributed by atoms with Gasteiger partial charge >= 0.3 is 0 Å². The number of piperidine rings is 1. The fourth-order valence-electron chi connectivity index (χ4n) is 2.14. The molecular weight excluding hydrogens is 174 g/mol. The lowest BCUT2D eigenvalue weighted by molar-refractivity contribution is -0.138. The SMILES string of the molecule is CC(C)N1CCC(C(C)(C)C)CC1=O. The third kappa shape index (κ3) is 2.49. The van der Waals surface area contributed by atoms with Crippen LogP contribution in [0.4, 0.5) is 0 Å². The zero-order valence-corrected chi connectivity index (χ0v) is 10.1. The highest BCUT2D eigenvalue weighted by molar-refractivity contribution is 5.77. The summed E-state index contributed by atoms with van der Waals surface area (Å²) < 4.78 is 0. The zero-order valence-electron chi connectivity index (χ0n) is 10.1. The largest absolute Gasteiger partial charge is 0.340 e. The minimum Gasteiger partial charge on any atom is -0.340 e. The van der Waals surface area contributed by atoms with Crippen molar-refractivity contribution in [3.8, 4) is 0 Å². The minimum atomic E-state index is 0.277.